The van der Waals surface area contributed by atoms with E-state index in [1.54, 1.807) is 12.1 Å². The maximum Gasteiger partial charge on any atom is 0.408 e. The highest BCUT2D eigenvalue weighted by Gasteiger charge is 2.24. The van der Waals surface area contributed by atoms with E-state index < -0.39 is 23.7 Å². The van der Waals surface area contributed by atoms with Gasteiger partial charge in [-0.05, 0) is 35.2 Å². The van der Waals surface area contributed by atoms with Crippen LogP contribution in [-0.4, -0.2) is 18.1 Å². The molecule has 0 radical (unpaired) electrons. The predicted molar refractivity (Wildman–Crippen MR) is 136 cm³/mol. The molecule has 1 atom stereocenters. The molecule has 1 amide bonds. The van der Waals surface area contributed by atoms with Crippen molar-refractivity contribution < 1.29 is 23.5 Å². The smallest absolute Gasteiger partial charge is 0.408 e. The van der Waals surface area contributed by atoms with Crippen LogP contribution in [0.25, 0.3) is 11.0 Å². The van der Waals surface area contributed by atoms with Gasteiger partial charge in [-0.3, -0.25) is 0 Å². The monoisotopic (exact) mass is 485 g/mol. The fraction of sp³-hybridized carbons (Fsp3) is 0.207. The van der Waals surface area contributed by atoms with Gasteiger partial charge in [-0.2, -0.15) is 0 Å². The van der Waals surface area contributed by atoms with Crippen LogP contribution in [0.15, 0.2) is 94.1 Å². The Labute approximate surface area is 208 Å². The topological polar surface area (TPSA) is 94.8 Å². The molecule has 0 aliphatic carbocycles. The van der Waals surface area contributed by atoms with E-state index in [4.69, 9.17) is 13.9 Å². The molecule has 1 N–H and O–H groups in total. The van der Waals surface area contributed by atoms with Gasteiger partial charge in [0.2, 0.25) is 0 Å². The number of amides is 1. The second-order valence-corrected chi connectivity index (χ2v) is 8.37. The van der Waals surface area contributed by atoms with E-state index >= 15 is 0 Å². The first kappa shape index (κ1) is 24.7. The number of ether oxygens (including phenoxy) is 2. The molecule has 0 aliphatic heterocycles. The number of fused-ring (bicyclic) bond motifs is 1. The van der Waals surface area contributed by atoms with Crippen molar-refractivity contribution in [1.82, 2.24) is 5.32 Å². The zero-order valence-electron chi connectivity index (χ0n) is 19.9. The van der Waals surface area contributed by atoms with E-state index in [9.17, 15) is 14.4 Å². The lowest BCUT2D eigenvalue weighted by Gasteiger charge is -2.18. The molecule has 1 aromatic heterocycles. The summed E-state index contributed by atoms with van der Waals surface area (Å²) in [5, 5.41) is 3.41. The lowest BCUT2D eigenvalue weighted by molar-refractivity contribution is -0.136. The average molecular weight is 486 g/mol. The Bertz CT molecular complexity index is 1380. The van der Waals surface area contributed by atoms with Gasteiger partial charge in [0, 0.05) is 23.9 Å². The minimum Gasteiger partial charge on any atom is -0.445 e. The zero-order chi connectivity index (χ0) is 25.3. The van der Waals surface area contributed by atoms with Crippen molar-refractivity contribution in [2.24, 2.45) is 0 Å². The number of alkyl carbamates (subject to hydrolysis) is 1. The first-order valence-electron chi connectivity index (χ1n) is 11.8. The third-order valence-electron chi connectivity index (χ3n) is 5.61. The van der Waals surface area contributed by atoms with Crippen LogP contribution in [0.5, 0.6) is 5.75 Å². The summed E-state index contributed by atoms with van der Waals surface area (Å²) >= 11 is 0. The van der Waals surface area contributed by atoms with Crippen LogP contribution >= 0.6 is 0 Å². The summed E-state index contributed by atoms with van der Waals surface area (Å²) in [6, 6.07) is 24.0. The number of carbonyl (C=O) groups is 2. The van der Waals surface area contributed by atoms with Crippen LogP contribution in [0.1, 0.15) is 30.0 Å². The third-order valence-corrected chi connectivity index (χ3v) is 5.61. The van der Waals surface area contributed by atoms with Crippen LogP contribution in [0.2, 0.25) is 0 Å². The maximum absolute atomic E-state index is 13.1. The molecule has 1 heterocycles. The zero-order valence-corrected chi connectivity index (χ0v) is 19.9. The number of esters is 1. The molecule has 0 bridgehead atoms. The lowest BCUT2D eigenvalue weighted by Crippen LogP contribution is -2.44. The molecule has 4 aromatic rings. The Hall–Kier alpha value is -4.39. The summed E-state index contributed by atoms with van der Waals surface area (Å²) in [4.78, 5) is 37.6. The molecule has 0 aliphatic rings. The van der Waals surface area contributed by atoms with Crippen LogP contribution in [-0.2, 0) is 29.0 Å². The molecule has 7 nitrogen and oxygen atoms in total. The standard InChI is InChI=1S/C29H27NO6/c1-2-9-22-17-27(31)36-26-18-23(14-15-24(22)26)35-28(32)25(16-20-10-5-3-6-11-20)30-29(33)34-19-21-12-7-4-8-13-21/h3-8,10-15,17-18,25H,2,9,16,19H2,1H3,(H,30,33). The Morgan fingerprint density at radius 1 is 0.917 bits per heavy atom. The Morgan fingerprint density at radius 2 is 1.61 bits per heavy atom. The lowest BCUT2D eigenvalue weighted by atomic mass is 10.1. The van der Waals surface area contributed by atoms with Gasteiger partial charge in [0.1, 0.15) is 24.0 Å². The van der Waals surface area contributed by atoms with E-state index in [1.165, 1.54) is 12.1 Å². The molecule has 7 heteroatoms. The molecule has 0 fully saturated rings. The van der Waals surface area contributed by atoms with Crippen molar-refractivity contribution >= 4 is 23.0 Å². The number of benzene rings is 3. The highest BCUT2D eigenvalue weighted by molar-refractivity contribution is 5.85. The van der Waals surface area contributed by atoms with Gasteiger partial charge in [0.15, 0.2) is 0 Å². The third kappa shape index (κ3) is 6.60. The van der Waals surface area contributed by atoms with Gasteiger partial charge >= 0.3 is 17.7 Å². The Morgan fingerprint density at radius 3 is 2.31 bits per heavy atom. The fourth-order valence-electron chi connectivity index (χ4n) is 3.89. The maximum atomic E-state index is 13.1. The van der Waals surface area contributed by atoms with Gasteiger partial charge in [-0.15, -0.1) is 0 Å². The Kier molecular flexibility index (Phi) is 8.13. The van der Waals surface area contributed by atoms with E-state index in [-0.39, 0.29) is 18.8 Å². The molecule has 1 unspecified atom stereocenters. The van der Waals surface area contributed by atoms with Gasteiger partial charge in [0.05, 0.1) is 0 Å². The minimum atomic E-state index is -0.996. The summed E-state index contributed by atoms with van der Waals surface area (Å²) in [5.41, 5.74) is 2.43. The average Bonchev–Trinajstić information content (AvgIpc) is 2.88. The van der Waals surface area contributed by atoms with Crippen molar-refractivity contribution in [3.63, 3.8) is 0 Å². The summed E-state index contributed by atoms with van der Waals surface area (Å²) in [6.45, 7) is 2.10. The van der Waals surface area contributed by atoms with E-state index in [2.05, 4.69) is 5.32 Å². The van der Waals surface area contributed by atoms with Gasteiger partial charge in [-0.25, -0.2) is 14.4 Å². The Balaban J connectivity index is 1.50. The summed E-state index contributed by atoms with van der Waals surface area (Å²) in [7, 11) is 0. The molecule has 3 aromatic carbocycles. The highest BCUT2D eigenvalue weighted by atomic mass is 16.6. The van der Waals surface area contributed by atoms with Gasteiger partial charge in [0.25, 0.3) is 0 Å². The van der Waals surface area contributed by atoms with Crippen LogP contribution in [0.4, 0.5) is 4.79 Å². The highest BCUT2D eigenvalue weighted by Crippen LogP contribution is 2.24. The first-order chi connectivity index (χ1) is 17.5. The predicted octanol–water partition coefficient (Wildman–Crippen LogP) is 5.19. The van der Waals surface area contributed by atoms with Crippen LogP contribution < -0.4 is 15.7 Å². The number of nitrogens with one attached hydrogen (secondary N) is 1. The quantitative estimate of drug-likeness (QED) is 0.199. The van der Waals surface area contributed by atoms with Crippen molar-refractivity contribution in [3.05, 3.63) is 112 Å². The number of rotatable bonds is 9. The molecule has 184 valence electrons. The minimum absolute atomic E-state index is 0.0730. The molecule has 0 spiro atoms. The second-order valence-electron chi connectivity index (χ2n) is 8.37. The number of hydrogen-bond donors (Lipinski definition) is 1. The summed E-state index contributed by atoms with van der Waals surface area (Å²) in [5.74, 6) is -0.455. The van der Waals surface area contributed by atoms with E-state index in [0.29, 0.717) is 5.58 Å². The molecule has 0 saturated heterocycles. The van der Waals surface area contributed by atoms with Crippen LogP contribution in [0.3, 0.4) is 0 Å². The van der Waals surface area contributed by atoms with Gasteiger partial charge in [-0.1, -0.05) is 74.0 Å². The molecular formula is C29H27NO6. The summed E-state index contributed by atoms with van der Waals surface area (Å²) < 4.78 is 16.2. The van der Waals surface area contributed by atoms with E-state index in [0.717, 1.165) is 34.9 Å². The second kappa shape index (κ2) is 11.8. The van der Waals surface area contributed by atoms with Crippen LogP contribution in [0, 0.1) is 0 Å². The van der Waals surface area contributed by atoms with Gasteiger partial charge < -0.3 is 19.2 Å². The van der Waals surface area contributed by atoms with Crippen molar-refractivity contribution in [1.29, 1.82) is 0 Å². The van der Waals surface area contributed by atoms with E-state index in [1.807, 2.05) is 67.6 Å². The number of hydrogen-bond acceptors (Lipinski definition) is 6. The molecule has 0 saturated carbocycles. The normalized spacial score (nSPS) is 11.6. The van der Waals surface area contributed by atoms with Crippen molar-refractivity contribution in [2.75, 3.05) is 0 Å². The molecular weight excluding hydrogens is 458 g/mol. The summed E-state index contributed by atoms with van der Waals surface area (Å²) in [6.07, 6.45) is 1.09. The molecule has 4 rings (SSSR count). The molecule has 36 heavy (non-hydrogen) atoms. The fourth-order valence-corrected chi connectivity index (χ4v) is 3.89. The number of carbonyl (C=O) groups excluding carboxylic acids is 2. The largest absolute Gasteiger partial charge is 0.445 e. The van der Waals surface area contributed by atoms with Crippen molar-refractivity contribution in [3.8, 4) is 5.75 Å². The van der Waals surface area contributed by atoms with Crippen molar-refractivity contribution in [2.45, 2.75) is 38.8 Å². The SMILES string of the molecule is CCCc1cc(=O)oc2cc(OC(=O)C(Cc3ccccc3)NC(=O)OCc3ccccc3)ccc12. The first-order valence-corrected chi connectivity index (χ1v) is 11.8. The number of aryl methyl sites for hydroxylation is 1.